The van der Waals surface area contributed by atoms with Crippen molar-refractivity contribution in [1.29, 1.82) is 0 Å². The van der Waals surface area contributed by atoms with Gasteiger partial charge in [0.05, 0.1) is 15.7 Å². The van der Waals surface area contributed by atoms with E-state index in [4.69, 9.17) is 28.9 Å². The topological polar surface area (TPSA) is 29.3 Å². The number of nitrogens with zero attached hydrogens (tertiary/aromatic N) is 1. The molecule has 0 aliphatic carbocycles. The molecule has 0 fully saturated rings. The van der Waals surface area contributed by atoms with Gasteiger partial charge >= 0.3 is 0 Å². The van der Waals surface area contributed by atoms with Crippen LogP contribution in [0, 0.1) is 0 Å². The molecule has 4 heteroatoms. The first kappa shape index (κ1) is 15.0. The number of nitrogen functional groups attached to an aromatic ring is 1. The van der Waals surface area contributed by atoms with Crippen molar-refractivity contribution in [3.05, 3.63) is 58.1 Å². The van der Waals surface area contributed by atoms with Crippen LogP contribution in [0.2, 0.25) is 10.0 Å². The summed E-state index contributed by atoms with van der Waals surface area (Å²) in [5, 5.41) is 1.17. The minimum Gasteiger partial charge on any atom is -0.399 e. The minimum atomic E-state index is 0.272. The molecule has 0 spiro atoms. The zero-order chi connectivity index (χ0) is 14.7. The van der Waals surface area contributed by atoms with Gasteiger partial charge in [-0.1, -0.05) is 53.5 Å². The molecule has 0 heterocycles. The van der Waals surface area contributed by atoms with Gasteiger partial charge in [0, 0.05) is 18.3 Å². The number of benzene rings is 2. The van der Waals surface area contributed by atoms with Crippen molar-refractivity contribution in [2.75, 3.05) is 10.6 Å². The summed E-state index contributed by atoms with van der Waals surface area (Å²) in [5.41, 5.74) is 8.39. The lowest BCUT2D eigenvalue weighted by Gasteiger charge is -2.31. The average Bonchev–Trinajstić information content (AvgIpc) is 2.37. The zero-order valence-corrected chi connectivity index (χ0v) is 13.1. The summed E-state index contributed by atoms with van der Waals surface area (Å²) in [6, 6.07) is 14.0. The number of rotatable bonds is 4. The molecule has 106 valence electrons. The van der Waals surface area contributed by atoms with Crippen LogP contribution < -0.4 is 10.6 Å². The molecule has 0 aromatic heterocycles. The molecule has 0 bridgehead atoms. The molecule has 0 saturated heterocycles. The zero-order valence-electron chi connectivity index (χ0n) is 11.6. The third-order valence-corrected chi connectivity index (χ3v) is 3.72. The van der Waals surface area contributed by atoms with E-state index >= 15 is 0 Å². The van der Waals surface area contributed by atoms with Gasteiger partial charge in [-0.3, -0.25) is 0 Å². The Balaban J connectivity index is 2.39. The summed E-state index contributed by atoms with van der Waals surface area (Å²) in [4.78, 5) is 2.18. The van der Waals surface area contributed by atoms with Gasteiger partial charge < -0.3 is 10.6 Å². The molecular formula is C16H18Cl2N2. The number of halogens is 2. The monoisotopic (exact) mass is 308 g/mol. The highest BCUT2D eigenvalue weighted by Gasteiger charge is 2.18. The fourth-order valence-electron chi connectivity index (χ4n) is 2.16. The Morgan fingerprint density at radius 3 is 2.10 bits per heavy atom. The van der Waals surface area contributed by atoms with E-state index < -0.39 is 0 Å². The molecule has 2 aromatic carbocycles. The van der Waals surface area contributed by atoms with Crippen LogP contribution in [0.25, 0.3) is 0 Å². The van der Waals surface area contributed by atoms with Crippen LogP contribution in [0.3, 0.4) is 0 Å². The second-order valence-electron chi connectivity index (χ2n) is 5.04. The molecule has 0 aliphatic rings. The van der Waals surface area contributed by atoms with E-state index in [0.717, 1.165) is 12.2 Å². The third-order valence-electron chi connectivity index (χ3n) is 3.15. The van der Waals surface area contributed by atoms with E-state index in [1.807, 2.05) is 18.2 Å². The SMILES string of the molecule is CC(C)N(Cc1ccccc1)c1c(Cl)cc(N)cc1Cl. The largest absolute Gasteiger partial charge is 0.399 e. The Morgan fingerprint density at radius 1 is 1.05 bits per heavy atom. The molecule has 2 N–H and O–H groups in total. The Morgan fingerprint density at radius 2 is 1.60 bits per heavy atom. The molecule has 0 atom stereocenters. The minimum absolute atomic E-state index is 0.272. The van der Waals surface area contributed by atoms with Crippen LogP contribution in [0.4, 0.5) is 11.4 Å². The van der Waals surface area contributed by atoms with Gasteiger partial charge in [0.2, 0.25) is 0 Å². The highest BCUT2D eigenvalue weighted by atomic mass is 35.5. The first-order chi connectivity index (χ1) is 9.49. The van der Waals surface area contributed by atoms with Crippen molar-refractivity contribution in [3.8, 4) is 0 Å². The lowest BCUT2D eigenvalue weighted by molar-refractivity contribution is 0.683. The molecule has 0 amide bonds. The van der Waals surface area contributed by atoms with E-state index in [9.17, 15) is 0 Å². The van der Waals surface area contributed by atoms with Gasteiger partial charge in [-0.25, -0.2) is 0 Å². The quantitative estimate of drug-likeness (QED) is 0.806. The standard InChI is InChI=1S/C16H18Cl2N2/c1-11(2)20(10-12-6-4-3-5-7-12)16-14(17)8-13(19)9-15(16)18/h3-9,11H,10,19H2,1-2H3. The number of anilines is 2. The smallest absolute Gasteiger partial charge is 0.0751 e. The maximum atomic E-state index is 6.33. The van der Waals surface area contributed by atoms with Gasteiger partial charge in [0.15, 0.2) is 0 Å². The maximum absolute atomic E-state index is 6.33. The van der Waals surface area contributed by atoms with Crippen molar-refractivity contribution >= 4 is 34.6 Å². The summed E-state index contributed by atoms with van der Waals surface area (Å²) < 4.78 is 0. The fraction of sp³-hybridized carbons (Fsp3) is 0.250. The number of nitrogens with two attached hydrogens (primary N) is 1. The van der Waals surface area contributed by atoms with Gasteiger partial charge in [-0.15, -0.1) is 0 Å². The van der Waals surface area contributed by atoms with Crippen LogP contribution in [-0.4, -0.2) is 6.04 Å². The van der Waals surface area contributed by atoms with E-state index in [-0.39, 0.29) is 6.04 Å². The Labute approximate surface area is 130 Å². The predicted molar refractivity (Wildman–Crippen MR) is 88.6 cm³/mol. The molecule has 2 rings (SSSR count). The second-order valence-corrected chi connectivity index (χ2v) is 5.85. The van der Waals surface area contributed by atoms with Crippen molar-refractivity contribution in [1.82, 2.24) is 0 Å². The number of hydrogen-bond acceptors (Lipinski definition) is 2. The predicted octanol–water partition coefficient (Wildman–Crippen LogP) is 4.99. The Kier molecular flexibility index (Phi) is 4.79. The van der Waals surface area contributed by atoms with Crippen LogP contribution in [0.15, 0.2) is 42.5 Å². The van der Waals surface area contributed by atoms with Gasteiger partial charge in [0.1, 0.15) is 0 Å². The summed E-state index contributed by atoms with van der Waals surface area (Å²) in [5.74, 6) is 0. The lowest BCUT2D eigenvalue weighted by Crippen LogP contribution is -2.30. The molecule has 2 nitrogen and oxygen atoms in total. The molecule has 0 aliphatic heterocycles. The van der Waals surface area contributed by atoms with Gasteiger partial charge in [-0.2, -0.15) is 0 Å². The summed E-state index contributed by atoms with van der Waals surface area (Å²) >= 11 is 12.7. The van der Waals surface area contributed by atoms with Crippen LogP contribution in [-0.2, 0) is 6.54 Å². The fourth-order valence-corrected chi connectivity index (χ4v) is 2.88. The van der Waals surface area contributed by atoms with Crippen LogP contribution in [0.1, 0.15) is 19.4 Å². The highest BCUT2D eigenvalue weighted by molar-refractivity contribution is 6.39. The lowest BCUT2D eigenvalue weighted by atomic mass is 10.1. The van der Waals surface area contributed by atoms with Gasteiger partial charge in [-0.05, 0) is 31.5 Å². The Bertz CT molecular complexity index is 559. The third kappa shape index (κ3) is 3.38. The van der Waals surface area contributed by atoms with Crippen molar-refractivity contribution in [2.24, 2.45) is 0 Å². The normalized spacial score (nSPS) is 10.8. The molecule has 20 heavy (non-hydrogen) atoms. The first-order valence-electron chi connectivity index (χ1n) is 6.54. The van der Waals surface area contributed by atoms with Crippen LogP contribution >= 0.6 is 23.2 Å². The maximum Gasteiger partial charge on any atom is 0.0751 e. The summed E-state index contributed by atoms with van der Waals surface area (Å²) in [6.07, 6.45) is 0. The summed E-state index contributed by atoms with van der Waals surface area (Å²) in [7, 11) is 0. The van der Waals surface area contributed by atoms with E-state index in [1.54, 1.807) is 12.1 Å². The molecule has 0 saturated carbocycles. The van der Waals surface area contributed by atoms with Crippen molar-refractivity contribution in [2.45, 2.75) is 26.4 Å². The first-order valence-corrected chi connectivity index (χ1v) is 7.29. The van der Waals surface area contributed by atoms with Crippen LogP contribution in [0.5, 0.6) is 0 Å². The molecule has 0 unspecified atom stereocenters. The number of hydrogen-bond donors (Lipinski definition) is 1. The summed E-state index contributed by atoms with van der Waals surface area (Å²) in [6.45, 7) is 4.99. The van der Waals surface area contributed by atoms with Crippen molar-refractivity contribution in [3.63, 3.8) is 0 Å². The van der Waals surface area contributed by atoms with Gasteiger partial charge in [0.25, 0.3) is 0 Å². The van der Waals surface area contributed by atoms with Crippen molar-refractivity contribution < 1.29 is 0 Å². The average molecular weight is 309 g/mol. The second kappa shape index (κ2) is 6.38. The van der Waals surface area contributed by atoms with E-state index in [1.165, 1.54) is 5.56 Å². The molecule has 2 aromatic rings. The van der Waals surface area contributed by atoms with E-state index in [0.29, 0.717) is 15.7 Å². The molecule has 0 radical (unpaired) electrons. The molecular weight excluding hydrogens is 291 g/mol. The highest BCUT2D eigenvalue weighted by Crippen LogP contribution is 2.37. The Hall–Kier alpha value is -1.38. The van der Waals surface area contributed by atoms with E-state index in [2.05, 4.69) is 30.9 Å².